The quantitative estimate of drug-likeness (QED) is 0.284. The van der Waals surface area contributed by atoms with Gasteiger partial charge >= 0.3 is 5.69 Å². The molecular weight excluding hydrogens is 523 g/mol. The van der Waals surface area contributed by atoms with Gasteiger partial charge in [-0.2, -0.15) is 9.97 Å². The number of nitrogens with zero attached hydrogens (tertiary/aromatic N) is 7. The molecular formula is C26H30ClN8O2P. The fourth-order valence-corrected chi connectivity index (χ4v) is 5.63. The molecule has 1 aliphatic carbocycles. The van der Waals surface area contributed by atoms with E-state index in [1.165, 1.54) is 4.57 Å². The summed E-state index contributed by atoms with van der Waals surface area (Å²) in [6.45, 7) is 3.69. The van der Waals surface area contributed by atoms with Crippen LogP contribution in [0.2, 0.25) is 5.15 Å². The number of benzene rings is 1. The zero-order valence-electron chi connectivity index (χ0n) is 21.3. The van der Waals surface area contributed by atoms with Gasteiger partial charge in [0.15, 0.2) is 11.6 Å². The number of aromatic nitrogens is 5. The molecule has 1 aromatic carbocycles. The van der Waals surface area contributed by atoms with Gasteiger partial charge < -0.3 is 15.2 Å². The summed E-state index contributed by atoms with van der Waals surface area (Å²) in [5.74, 6) is 2.27. The van der Waals surface area contributed by atoms with E-state index in [-0.39, 0.29) is 23.8 Å². The number of piperazine rings is 1. The number of nitrogens with two attached hydrogens (primary N) is 1. The second-order valence-corrected chi connectivity index (χ2v) is 11.3. The molecule has 1 aliphatic heterocycles. The maximum atomic E-state index is 12.8. The molecule has 2 unspecified atom stereocenters. The second-order valence-electron chi connectivity index (χ2n) is 10.2. The SMILES string of the molecule is C[C@@H]1CN(c2nc(=O)n(C)c3ccc(Cl)nc23)[C@@H](CN)CN1C(c1ccc(P)cc1)c1nc(C2CC2)no1. The molecule has 1 saturated carbocycles. The highest BCUT2D eigenvalue weighted by Crippen LogP contribution is 2.40. The first-order valence-corrected chi connectivity index (χ1v) is 13.7. The molecule has 4 atom stereocenters. The van der Waals surface area contributed by atoms with Crippen LogP contribution in [0, 0.1) is 0 Å². The van der Waals surface area contributed by atoms with Crippen LogP contribution in [-0.2, 0) is 7.05 Å². The van der Waals surface area contributed by atoms with Crippen LogP contribution in [0.4, 0.5) is 5.82 Å². The van der Waals surface area contributed by atoms with Crippen molar-refractivity contribution in [2.75, 3.05) is 24.5 Å². The minimum absolute atomic E-state index is 0.0369. The van der Waals surface area contributed by atoms with Crippen LogP contribution in [0.1, 0.15) is 49.0 Å². The second kappa shape index (κ2) is 10.0. The number of rotatable bonds is 6. The lowest BCUT2D eigenvalue weighted by atomic mass is 9.98. The van der Waals surface area contributed by atoms with Gasteiger partial charge in [-0.3, -0.25) is 9.47 Å². The van der Waals surface area contributed by atoms with Crippen molar-refractivity contribution in [3.8, 4) is 0 Å². The normalized spacial score (nSPS) is 21.2. The predicted molar refractivity (Wildman–Crippen MR) is 150 cm³/mol. The number of hydrogen-bond acceptors (Lipinski definition) is 9. The molecule has 0 amide bonds. The smallest absolute Gasteiger partial charge is 0.347 e. The molecule has 0 radical (unpaired) electrons. The first-order chi connectivity index (χ1) is 18.3. The van der Waals surface area contributed by atoms with Gasteiger partial charge in [0, 0.05) is 38.6 Å². The third kappa shape index (κ3) is 4.60. The molecule has 4 aromatic rings. The van der Waals surface area contributed by atoms with E-state index in [9.17, 15) is 4.79 Å². The Morgan fingerprint density at radius 2 is 1.89 bits per heavy atom. The summed E-state index contributed by atoms with van der Waals surface area (Å²) in [6.07, 6.45) is 2.20. The van der Waals surface area contributed by atoms with Crippen LogP contribution in [0.15, 0.2) is 45.7 Å². The van der Waals surface area contributed by atoms with Crippen LogP contribution in [-0.4, -0.2) is 61.3 Å². The maximum absolute atomic E-state index is 12.8. The maximum Gasteiger partial charge on any atom is 0.349 e. The zero-order chi connectivity index (χ0) is 26.6. The summed E-state index contributed by atoms with van der Waals surface area (Å²) in [5.41, 5.74) is 8.32. The molecule has 2 N–H and O–H groups in total. The van der Waals surface area contributed by atoms with Crippen molar-refractivity contribution in [2.45, 2.75) is 43.8 Å². The van der Waals surface area contributed by atoms with E-state index in [1.54, 1.807) is 19.2 Å². The number of pyridine rings is 1. The van der Waals surface area contributed by atoms with Crippen LogP contribution in [0.3, 0.4) is 0 Å². The first kappa shape index (κ1) is 25.4. The number of aryl methyl sites for hydroxylation is 1. The summed E-state index contributed by atoms with van der Waals surface area (Å²) in [7, 11) is 4.41. The molecule has 4 heterocycles. The Morgan fingerprint density at radius 1 is 1.13 bits per heavy atom. The van der Waals surface area contributed by atoms with E-state index in [0.29, 0.717) is 53.4 Å². The molecule has 10 nitrogen and oxygen atoms in total. The minimum atomic E-state index is -0.351. The molecule has 38 heavy (non-hydrogen) atoms. The Labute approximate surface area is 227 Å². The van der Waals surface area contributed by atoms with Crippen molar-refractivity contribution in [3.05, 3.63) is 69.3 Å². The van der Waals surface area contributed by atoms with Gasteiger partial charge in [0.25, 0.3) is 0 Å². The molecule has 0 spiro atoms. The Morgan fingerprint density at radius 3 is 2.61 bits per heavy atom. The number of hydrogen-bond donors (Lipinski definition) is 1. The molecule has 1 saturated heterocycles. The molecule has 198 valence electrons. The van der Waals surface area contributed by atoms with Crippen LogP contribution in [0.5, 0.6) is 0 Å². The minimum Gasteiger partial charge on any atom is -0.347 e. The van der Waals surface area contributed by atoms with Crippen LogP contribution >= 0.6 is 20.8 Å². The Balaban J connectivity index is 1.40. The van der Waals surface area contributed by atoms with Crippen LogP contribution < -0.4 is 21.6 Å². The van der Waals surface area contributed by atoms with Gasteiger partial charge in [-0.15, -0.1) is 9.24 Å². The highest BCUT2D eigenvalue weighted by molar-refractivity contribution is 7.27. The summed E-state index contributed by atoms with van der Waals surface area (Å²) in [6, 6.07) is 11.5. The summed E-state index contributed by atoms with van der Waals surface area (Å²) >= 11 is 6.26. The van der Waals surface area contributed by atoms with Crippen molar-refractivity contribution < 1.29 is 4.52 Å². The zero-order valence-corrected chi connectivity index (χ0v) is 23.2. The van der Waals surface area contributed by atoms with E-state index >= 15 is 0 Å². The Hall–Kier alpha value is -2.91. The molecule has 6 rings (SSSR count). The van der Waals surface area contributed by atoms with Gasteiger partial charge in [0.1, 0.15) is 16.7 Å². The van der Waals surface area contributed by atoms with Crippen molar-refractivity contribution in [3.63, 3.8) is 0 Å². The van der Waals surface area contributed by atoms with E-state index < -0.39 is 0 Å². The molecule has 2 fully saturated rings. The van der Waals surface area contributed by atoms with E-state index in [2.05, 4.69) is 65.4 Å². The standard InChI is InChI=1S/C26H30ClN8O2P/c1-14-12-35(24-21-19(9-10-20(27)29-21)33(2)26(36)31-24)17(11-28)13-34(14)22(15-5-7-18(38)8-6-15)25-30-23(32-37-25)16-3-4-16/h5-10,14,16-17,22H,3-4,11-13,28,38H2,1-2H3/t14-,17+,22?/m1/s1. The summed E-state index contributed by atoms with van der Waals surface area (Å²) < 4.78 is 7.34. The lowest BCUT2D eigenvalue weighted by Crippen LogP contribution is -2.61. The number of halogens is 1. The van der Waals surface area contributed by atoms with Crippen LogP contribution in [0.25, 0.3) is 11.0 Å². The summed E-state index contributed by atoms with van der Waals surface area (Å²) in [4.78, 5) is 31.0. The fourth-order valence-electron chi connectivity index (χ4n) is 5.29. The molecule has 12 heteroatoms. The van der Waals surface area contributed by atoms with E-state index in [4.69, 9.17) is 26.8 Å². The highest BCUT2D eigenvalue weighted by atomic mass is 35.5. The largest absolute Gasteiger partial charge is 0.349 e. The Bertz CT molecular complexity index is 1540. The average Bonchev–Trinajstić information content (AvgIpc) is 3.65. The number of fused-ring (bicyclic) bond motifs is 1. The molecule has 0 bridgehead atoms. The van der Waals surface area contributed by atoms with Gasteiger partial charge in [-0.05, 0) is 42.8 Å². The number of anilines is 1. The predicted octanol–water partition coefficient (Wildman–Crippen LogP) is 2.37. The van der Waals surface area contributed by atoms with Crippen molar-refractivity contribution in [1.29, 1.82) is 0 Å². The summed E-state index contributed by atoms with van der Waals surface area (Å²) in [5, 5.41) is 5.75. The van der Waals surface area contributed by atoms with E-state index in [0.717, 1.165) is 29.5 Å². The van der Waals surface area contributed by atoms with Gasteiger partial charge in [-0.25, -0.2) is 9.78 Å². The van der Waals surface area contributed by atoms with Gasteiger partial charge in [-0.1, -0.05) is 41.0 Å². The van der Waals surface area contributed by atoms with Gasteiger partial charge in [0.2, 0.25) is 5.89 Å². The molecule has 2 aliphatic rings. The average molecular weight is 553 g/mol. The topological polar surface area (TPSA) is 119 Å². The first-order valence-electron chi connectivity index (χ1n) is 12.8. The fraction of sp³-hybridized carbons (Fsp3) is 0.423. The van der Waals surface area contributed by atoms with E-state index in [1.807, 2.05) is 0 Å². The van der Waals surface area contributed by atoms with Crippen molar-refractivity contribution in [1.82, 2.24) is 29.6 Å². The van der Waals surface area contributed by atoms with Crippen molar-refractivity contribution in [2.24, 2.45) is 12.8 Å². The lowest BCUT2D eigenvalue weighted by molar-refractivity contribution is 0.107. The Kier molecular flexibility index (Phi) is 6.68. The third-order valence-corrected chi connectivity index (χ3v) is 8.15. The third-order valence-electron chi connectivity index (χ3n) is 7.55. The van der Waals surface area contributed by atoms with Crippen molar-refractivity contribution >= 4 is 43.0 Å². The molecule has 3 aromatic heterocycles. The highest BCUT2D eigenvalue weighted by Gasteiger charge is 2.40. The lowest BCUT2D eigenvalue weighted by Gasteiger charge is -2.47. The van der Waals surface area contributed by atoms with Gasteiger partial charge in [0.05, 0.1) is 11.6 Å². The monoisotopic (exact) mass is 552 g/mol.